The van der Waals surface area contributed by atoms with Gasteiger partial charge in [-0.2, -0.15) is 0 Å². The van der Waals surface area contributed by atoms with Crippen LogP contribution in [0.15, 0.2) is 10.1 Å². The van der Waals surface area contributed by atoms with E-state index in [4.69, 9.17) is 9.73 Å². The minimum atomic E-state index is -0.128. The van der Waals surface area contributed by atoms with E-state index in [2.05, 4.69) is 45.1 Å². The summed E-state index contributed by atoms with van der Waals surface area (Å²) in [6, 6.07) is 0.555. The van der Waals surface area contributed by atoms with Crippen molar-refractivity contribution in [3.05, 3.63) is 5.82 Å². The van der Waals surface area contributed by atoms with Crippen molar-refractivity contribution in [3.8, 4) is 0 Å². The zero-order valence-electron chi connectivity index (χ0n) is 18.8. The van der Waals surface area contributed by atoms with Crippen LogP contribution < -0.4 is 5.32 Å². The highest BCUT2D eigenvalue weighted by atomic mass is 32.2. The van der Waals surface area contributed by atoms with Gasteiger partial charge in [-0.15, -0.1) is 10.2 Å². The predicted octanol–water partition coefficient (Wildman–Crippen LogP) is 2.75. The molecule has 2 unspecified atom stereocenters. The van der Waals surface area contributed by atoms with Crippen LogP contribution in [-0.2, 0) is 16.0 Å². The van der Waals surface area contributed by atoms with Gasteiger partial charge in [-0.3, -0.25) is 9.79 Å². The quantitative estimate of drug-likeness (QED) is 0.220. The third kappa shape index (κ3) is 5.28. The van der Waals surface area contributed by atoms with Crippen LogP contribution in [0.2, 0.25) is 0 Å². The first kappa shape index (κ1) is 22.9. The molecule has 9 heteroatoms. The molecule has 1 aromatic heterocycles. The lowest BCUT2D eigenvalue weighted by Crippen LogP contribution is -2.40. The molecule has 0 radical (unpaired) electrons. The van der Waals surface area contributed by atoms with Gasteiger partial charge in [0.25, 0.3) is 0 Å². The third-order valence-corrected chi connectivity index (χ3v) is 6.82. The standard InChI is InChI=1S/C21H36N6O2S/c1-5-22-20(26-13-15(2)17(14-26)19(28)29-3)23-12-8-11-18-24-25-21(30-4)27(18)16-9-6-7-10-16/h15-17H,5-14H2,1-4H3,(H,22,23). The number of hydrogen-bond donors (Lipinski definition) is 1. The maximum atomic E-state index is 12.0. The lowest BCUT2D eigenvalue weighted by molar-refractivity contribution is -0.145. The molecule has 0 spiro atoms. The number of thioether (sulfide) groups is 1. The average Bonchev–Trinajstić information content (AvgIpc) is 3.48. The number of esters is 1. The number of likely N-dealkylation sites (tertiary alicyclic amines) is 1. The molecule has 1 aromatic rings. The van der Waals surface area contributed by atoms with E-state index in [-0.39, 0.29) is 17.8 Å². The fourth-order valence-electron chi connectivity index (χ4n) is 4.59. The van der Waals surface area contributed by atoms with Crippen molar-refractivity contribution in [1.29, 1.82) is 0 Å². The second kappa shape index (κ2) is 11.0. The maximum Gasteiger partial charge on any atom is 0.310 e. The number of aliphatic imine (C=N–C) groups is 1. The molecule has 2 atom stereocenters. The minimum absolute atomic E-state index is 0.0891. The number of carbonyl (C=O) groups excluding carboxylic acids is 1. The van der Waals surface area contributed by atoms with Gasteiger partial charge in [0.2, 0.25) is 0 Å². The summed E-state index contributed by atoms with van der Waals surface area (Å²) in [4.78, 5) is 19.0. The molecular weight excluding hydrogens is 400 g/mol. The predicted molar refractivity (Wildman–Crippen MR) is 120 cm³/mol. The van der Waals surface area contributed by atoms with Crippen molar-refractivity contribution in [3.63, 3.8) is 0 Å². The maximum absolute atomic E-state index is 12.0. The van der Waals surface area contributed by atoms with E-state index in [1.165, 1.54) is 32.8 Å². The lowest BCUT2D eigenvalue weighted by atomic mass is 9.99. The van der Waals surface area contributed by atoms with Gasteiger partial charge >= 0.3 is 5.97 Å². The fourth-order valence-corrected chi connectivity index (χ4v) is 5.17. The molecule has 2 fully saturated rings. The van der Waals surface area contributed by atoms with Gasteiger partial charge in [-0.25, -0.2) is 0 Å². The molecule has 1 saturated carbocycles. The highest BCUT2D eigenvalue weighted by Gasteiger charge is 2.36. The summed E-state index contributed by atoms with van der Waals surface area (Å²) >= 11 is 1.68. The highest BCUT2D eigenvalue weighted by molar-refractivity contribution is 7.98. The Bertz CT molecular complexity index is 731. The van der Waals surface area contributed by atoms with Crippen molar-refractivity contribution < 1.29 is 9.53 Å². The molecule has 0 bridgehead atoms. The summed E-state index contributed by atoms with van der Waals surface area (Å²) in [6.07, 6.45) is 8.95. The molecule has 0 amide bonds. The largest absolute Gasteiger partial charge is 0.469 e. The molecule has 0 aromatic carbocycles. The molecule has 1 N–H and O–H groups in total. The normalized spacial score (nSPS) is 22.7. The third-order valence-electron chi connectivity index (χ3n) is 6.18. The summed E-state index contributed by atoms with van der Waals surface area (Å²) in [5.41, 5.74) is 0. The lowest BCUT2D eigenvalue weighted by Gasteiger charge is -2.21. The van der Waals surface area contributed by atoms with Gasteiger partial charge in [0.15, 0.2) is 11.1 Å². The summed E-state index contributed by atoms with van der Waals surface area (Å²) in [6.45, 7) is 7.18. The summed E-state index contributed by atoms with van der Waals surface area (Å²) < 4.78 is 7.33. The number of aromatic nitrogens is 3. The van der Waals surface area contributed by atoms with E-state index in [1.54, 1.807) is 11.8 Å². The molecule has 1 saturated heterocycles. The van der Waals surface area contributed by atoms with E-state index >= 15 is 0 Å². The van der Waals surface area contributed by atoms with E-state index in [0.717, 1.165) is 49.4 Å². The Morgan fingerprint density at radius 1 is 1.30 bits per heavy atom. The van der Waals surface area contributed by atoms with Crippen molar-refractivity contribution in [2.45, 2.75) is 63.6 Å². The van der Waals surface area contributed by atoms with Crippen LogP contribution >= 0.6 is 11.8 Å². The number of hydrogen-bond acceptors (Lipinski definition) is 6. The Balaban J connectivity index is 1.59. The second-order valence-electron chi connectivity index (χ2n) is 8.26. The van der Waals surface area contributed by atoms with Crippen LogP contribution in [0.4, 0.5) is 0 Å². The van der Waals surface area contributed by atoms with Gasteiger partial charge in [-0.1, -0.05) is 31.5 Å². The Morgan fingerprint density at radius 2 is 2.07 bits per heavy atom. The molecule has 168 valence electrons. The molecule has 3 rings (SSSR count). The number of nitrogens with one attached hydrogen (secondary N) is 1. The molecule has 2 heterocycles. The number of nitrogens with zero attached hydrogens (tertiary/aromatic N) is 5. The first-order chi connectivity index (χ1) is 14.6. The summed E-state index contributed by atoms with van der Waals surface area (Å²) in [5, 5.41) is 13.3. The summed E-state index contributed by atoms with van der Waals surface area (Å²) in [5.74, 6) is 2.02. The van der Waals surface area contributed by atoms with Crippen LogP contribution in [0, 0.1) is 11.8 Å². The van der Waals surface area contributed by atoms with Crippen LogP contribution in [0.5, 0.6) is 0 Å². The van der Waals surface area contributed by atoms with Crippen molar-refractivity contribution >= 4 is 23.7 Å². The van der Waals surface area contributed by atoms with E-state index in [1.807, 2.05) is 0 Å². The van der Waals surface area contributed by atoms with Crippen molar-refractivity contribution in [1.82, 2.24) is 25.0 Å². The summed E-state index contributed by atoms with van der Waals surface area (Å²) in [7, 11) is 1.46. The van der Waals surface area contributed by atoms with Crippen molar-refractivity contribution in [2.75, 3.05) is 39.5 Å². The Morgan fingerprint density at radius 3 is 2.73 bits per heavy atom. The molecule has 1 aliphatic carbocycles. The molecule has 2 aliphatic rings. The van der Waals surface area contributed by atoms with E-state index < -0.39 is 0 Å². The zero-order valence-corrected chi connectivity index (χ0v) is 19.6. The number of rotatable bonds is 8. The van der Waals surface area contributed by atoms with Gasteiger partial charge in [0.1, 0.15) is 5.82 Å². The smallest absolute Gasteiger partial charge is 0.310 e. The van der Waals surface area contributed by atoms with E-state index in [9.17, 15) is 4.79 Å². The van der Waals surface area contributed by atoms with Gasteiger partial charge in [0.05, 0.1) is 13.0 Å². The van der Waals surface area contributed by atoms with Crippen molar-refractivity contribution in [2.24, 2.45) is 16.8 Å². The molecule has 1 aliphatic heterocycles. The van der Waals surface area contributed by atoms with Crippen LogP contribution in [0.25, 0.3) is 0 Å². The fraction of sp³-hybridized carbons (Fsp3) is 0.810. The zero-order chi connectivity index (χ0) is 21.5. The number of guanidine groups is 1. The number of aryl methyl sites for hydroxylation is 1. The first-order valence-corrected chi connectivity index (χ1v) is 12.4. The van der Waals surface area contributed by atoms with Crippen LogP contribution in [0.1, 0.15) is 57.8 Å². The molecular formula is C21H36N6O2S. The number of carbonyl (C=O) groups is 1. The highest BCUT2D eigenvalue weighted by Crippen LogP contribution is 2.33. The topological polar surface area (TPSA) is 84.6 Å². The van der Waals surface area contributed by atoms with Gasteiger partial charge in [0, 0.05) is 38.6 Å². The van der Waals surface area contributed by atoms with Crippen LogP contribution in [0.3, 0.4) is 0 Å². The first-order valence-electron chi connectivity index (χ1n) is 11.2. The monoisotopic (exact) mass is 436 g/mol. The Hall–Kier alpha value is -1.77. The average molecular weight is 437 g/mol. The van der Waals surface area contributed by atoms with Gasteiger partial charge in [-0.05, 0) is 38.4 Å². The van der Waals surface area contributed by atoms with Gasteiger partial charge < -0.3 is 19.5 Å². The van der Waals surface area contributed by atoms with E-state index in [0.29, 0.717) is 12.6 Å². The number of ether oxygens (including phenoxy) is 1. The molecule has 8 nitrogen and oxygen atoms in total. The Kier molecular flexibility index (Phi) is 8.41. The minimum Gasteiger partial charge on any atom is -0.469 e. The SMILES string of the molecule is CCNC(=NCCCc1nnc(SC)n1C1CCCC1)N1CC(C)C(C(=O)OC)C1. The molecule has 30 heavy (non-hydrogen) atoms. The second-order valence-corrected chi connectivity index (χ2v) is 9.04. The van der Waals surface area contributed by atoms with Crippen LogP contribution in [-0.4, -0.2) is 71.1 Å². The number of methoxy groups -OCH3 is 1. The Labute approximate surface area is 184 Å².